The number of carbonyl (C=O) groups excluding carboxylic acids is 2. The lowest BCUT2D eigenvalue weighted by molar-refractivity contribution is -0.139. The average Bonchev–Trinajstić information content (AvgIpc) is 2.45. The van der Waals surface area contributed by atoms with Gasteiger partial charge in [0, 0.05) is 12.2 Å². The predicted octanol–water partition coefficient (Wildman–Crippen LogP) is -2.48. The third kappa shape index (κ3) is 10.2. The Morgan fingerprint density at radius 1 is 1.08 bits per heavy atom. The zero-order valence-electron chi connectivity index (χ0n) is 12.2. The van der Waals surface area contributed by atoms with Gasteiger partial charge in [0.1, 0.15) is 18.6 Å². The molecule has 0 aromatic heterocycles. The second kappa shape index (κ2) is 10.3. The lowest BCUT2D eigenvalue weighted by Gasteiger charge is -2.17. The summed E-state index contributed by atoms with van der Waals surface area (Å²) in [4.78, 5) is 61.9. The van der Waals surface area contributed by atoms with E-state index in [1.54, 1.807) is 5.09 Å². The van der Waals surface area contributed by atoms with Crippen molar-refractivity contribution < 1.29 is 43.7 Å². The summed E-state index contributed by atoms with van der Waals surface area (Å²) in [5.41, 5.74) is 0. The zero-order valence-corrected chi connectivity index (χ0v) is 14.0. The summed E-state index contributed by atoms with van der Waals surface area (Å²) in [6.07, 6.45) is -0.886. The summed E-state index contributed by atoms with van der Waals surface area (Å²) >= 11 is 3.84. The first-order chi connectivity index (χ1) is 11.0. The Balaban J connectivity index is 4.52. The van der Waals surface area contributed by atoms with E-state index in [0.717, 1.165) is 0 Å². The first-order valence-corrected chi connectivity index (χ1v) is 8.66. The number of carbonyl (C=O) groups is 4. The number of amides is 2. The van der Waals surface area contributed by atoms with Crippen LogP contribution in [0.15, 0.2) is 0 Å². The summed E-state index contributed by atoms with van der Waals surface area (Å²) in [6.45, 7) is -0.647. The fourth-order valence-corrected chi connectivity index (χ4v) is 2.37. The van der Waals surface area contributed by atoms with Gasteiger partial charge in [0.2, 0.25) is 11.8 Å². The van der Waals surface area contributed by atoms with E-state index in [4.69, 9.17) is 20.0 Å². The highest BCUT2D eigenvalue weighted by Crippen LogP contribution is 2.29. The van der Waals surface area contributed by atoms with Gasteiger partial charge in [0.05, 0.1) is 0 Å². The van der Waals surface area contributed by atoms with Crippen molar-refractivity contribution in [1.29, 1.82) is 0 Å². The maximum Gasteiger partial charge on any atom is 0.401 e. The molecular formula is C10H18N3O9PS. The molecule has 0 aliphatic heterocycles. The Labute approximate surface area is 141 Å². The van der Waals surface area contributed by atoms with Crippen LogP contribution < -0.4 is 15.7 Å². The molecule has 0 saturated carbocycles. The normalized spacial score (nSPS) is 13.6. The molecule has 0 aromatic carbocycles. The SMILES string of the molecule is O=C(O)CNC(=O)C(CS)NC(=O)CCC(NP(=O)(O)O)C(=O)O. The van der Waals surface area contributed by atoms with Crippen LogP contribution >= 0.6 is 20.4 Å². The number of rotatable bonds is 11. The number of carboxylic acids is 2. The van der Waals surface area contributed by atoms with Crippen molar-refractivity contribution in [1.82, 2.24) is 15.7 Å². The molecule has 138 valence electrons. The van der Waals surface area contributed by atoms with Gasteiger partial charge in [-0.1, -0.05) is 0 Å². The van der Waals surface area contributed by atoms with Crippen LogP contribution in [0.2, 0.25) is 0 Å². The topological polar surface area (TPSA) is 202 Å². The molecule has 2 amide bonds. The van der Waals surface area contributed by atoms with E-state index in [9.17, 15) is 23.7 Å². The highest BCUT2D eigenvalue weighted by atomic mass is 32.1. The van der Waals surface area contributed by atoms with E-state index < -0.39 is 63.0 Å². The Kier molecular flexibility index (Phi) is 9.55. The van der Waals surface area contributed by atoms with Crippen LogP contribution in [-0.4, -0.2) is 68.1 Å². The van der Waals surface area contributed by atoms with Crippen molar-refractivity contribution in [3.8, 4) is 0 Å². The number of hydrogen-bond donors (Lipinski definition) is 8. The monoisotopic (exact) mass is 387 g/mol. The second-order valence-corrected chi connectivity index (χ2v) is 6.23. The largest absolute Gasteiger partial charge is 0.480 e. The van der Waals surface area contributed by atoms with Crippen LogP contribution in [0.3, 0.4) is 0 Å². The van der Waals surface area contributed by atoms with Gasteiger partial charge in [-0.05, 0) is 6.42 Å². The zero-order chi connectivity index (χ0) is 18.9. The van der Waals surface area contributed by atoms with Gasteiger partial charge in [0.25, 0.3) is 0 Å². The second-order valence-electron chi connectivity index (χ2n) is 4.52. The van der Waals surface area contributed by atoms with Gasteiger partial charge in [-0.2, -0.15) is 12.6 Å². The first-order valence-electron chi connectivity index (χ1n) is 6.42. The standard InChI is InChI=1S/C10H18N3O9PS/c14-7(2-1-5(10(18)19)13-23(20,21)22)12-6(4-24)9(17)11-3-8(15)16/h5-6,24H,1-4H2,(H,11,17)(H,12,14)(H,15,16)(H,18,19)(H3,13,20,21,22). The maximum atomic E-state index is 11.7. The van der Waals surface area contributed by atoms with E-state index in [-0.39, 0.29) is 5.75 Å². The van der Waals surface area contributed by atoms with E-state index in [0.29, 0.717) is 0 Å². The number of aliphatic carboxylic acids is 2. The van der Waals surface area contributed by atoms with Crippen LogP contribution in [0.25, 0.3) is 0 Å². The Morgan fingerprint density at radius 2 is 1.67 bits per heavy atom. The molecule has 0 spiro atoms. The highest BCUT2D eigenvalue weighted by molar-refractivity contribution is 7.80. The molecule has 2 unspecified atom stereocenters. The molecular weight excluding hydrogens is 369 g/mol. The smallest absolute Gasteiger partial charge is 0.401 e. The van der Waals surface area contributed by atoms with Crippen molar-refractivity contribution >= 4 is 44.1 Å². The molecule has 2 atom stereocenters. The Hall–Kier alpha value is -1.66. The molecule has 24 heavy (non-hydrogen) atoms. The lowest BCUT2D eigenvalue weighted by Crippen LogP contribution is -2.49. The van der Waals surface area contributed by atoms with E-state index >= 15 is 0 Å². The third-order valence-electron chi connectivity index (χ3n) is 2.53. The van der Waals surface area contributed by atoms with Crippen molar-refractivity contribution in [3.63, 3.8) is 0 Å². The number of thiol groups is 1. The number of carboxylic acid groups (broad SMARTS) is 2. The van der Waals surface area contributed by atoms with Crippen LogP contribution in [0.1, 0.15) is 12.8 Å². The van der Waals surface area contributed by atoms with Gasteiger partial charge in [-0.3, -0.25) is 19.2 Å². The number of hydrogen-bond acceptors (Lipinski definition) is 6. The number of nitrogens with one attached hydrogen (secondary N) is 3. The summed E-state index contributed by atoms with van der Waals surface area (Å²) in [5, 5.41) is 23.1. The Bertz CT molecular complexity index is 538. The molecule has 0 aromatic rings. The molecule has 0 fully saturated rings. The Morgan fingerprint density at radius 3 is 2.08 bits per heavy atom. The molecule has 0 heterocycles. The van der Waals surface area contributed by atoms with Gasteiger partial charge in [-0.25, -0.2) is 9.65 Å². The van der Waals surface area contributed by atoms with Crippen LogP contribution in [-0.2, 0) is 23.7 Å². The molecule has 0 bridgehead atoms. The van der Waals surface area contributed by atoms with Crippen LogP contribution in [0, 0.1) is 0 Å². The van der Waals surface area contributed by atoms with Crippen molar-refractivity contribution in [2.24, 2.45) is 0 Å². The summed E-state index contributed by atoms with van der Waals surface area (Å²) < 4.78 is 10.7. The van der Waals surface area contributed by atoms with E-state index in [1.807, 2.05) is 5.32 Å². The van der Waals surface area contributed by atoms with Gasteiger partial charge in [0.15, 0.2) is 0 Å². The predicted molar refractivity (Wildman–Crippen MR) is 82.3 cm³/mol. The van der Waals surface area contributed by atoms with E-state index in [1.165, 1.54) is 0 Å². The minimum Gasteiger partial charge on any atom is -0.480 e. The molecule has 0 rings (SSSR count). The third-order valence-corrected chi connectivity index (χ3v) is 3.54. The summed E-state index contributed by atoms with van der Waals surface area (Å²) in [6, 6.07) is -2.80. The minimum absolute atomic E-state index is 0.139. The first kappa shape index (κ1) is 22.3. The quantitative estimate of drug-likeness (QED) is 0.138. The molecule has 0 aliphatic rings. The fraction of sp³-hybridized carbons (Fsp3) is 0.600. The fourth-order valence-electron chi connectivity index (χ4n) is 1.47. The molecule has 0 aliphatic carbocycles. The lowest BCUT2D eigenvalue weighted by atomic mass is 10.1. The molecule has 0 radical (unpaired) electrons. The van der Waals surface area contributed by atoms with Gasteiger partial charge >= 0.3 is 19.7 Å². The molecule has 0 saturated heterocycles. The summed E-state index contributed by atoms with van der Waals surface area (Å²) in [5.74, 6) is -4.53. The average molecular weight is 387 g/mol. The van der Waals surface area contributed by atoms with Crippen LogP contribution in [0.5, 0.6) is 0 Å². The summed E-state index contributed by atoms with van der Waals surface area (Å²) in [7, 11) is -4.80. The highest BCUT2D eigenvalue weighted by Gasteiger charge is 2.27. The molecule has 12 nitrogen and oxygen atoms in total. The van der Waals surface area contributed by atoms with Crippen molar-refractivity contribution in [3.05, 3.63) is 0 Å². The van der Waals surface area contributed by atoms with Crippen molar-refractivity contribution in [2.75, 3.05) is 12.3 Å². The van der Waals surface area contributed by atoms with Crippen molar-refractivity contribution in [2.45, 2.75) is 24.9 Å². The van der Waals surface area contributed by atoms with Gasteiger partial charge in [-0.15, -0.1) is 0 Å². The van der Waals surface area contributed by atoms with Gasteiger partial charge < -0.3 is 30.6 Å². The molecule has 7 N–H and O–H groups in total. The maximum absolute atomic E-state index is 11.7. The van der Waals surface area contributed by atoms with Crippen LogP contribution in [0.4, 0.5) is 0 Å². The molecule has 14 heteroatoms. The minimum atomic E-state index is -4.80. The van der Waals surface area contributed by atoms with E-state index in [2.05, 4.69) is 17.9 Å².